The number of nitrogens with zero attached hydrogens (tertiary/aromatic N) is 4. The van der Waals surface area contributed by atoms with Gasteiger partial charge in [-0.1, -0.05) is 0 Å². The second-order valence-corrected chi connectivity index (χ2v) is 5.67. The Bertz CT molecular complexity index is 1120. The van der Waals surface area contributed by atoms with Gasteiger partial charge in [-0.05, 0) is 35.4 Å². The lowest BCUT2D eigenvalue weighted by atomic mass is 10.0. The third-order valence-electron chi connectivity index (χ3n) is 3.89. The number of ether oxygens (including phenoxy) is 2. The minimum absolute atomic E-state index is 0.00525. The van der Waals surface area contributed by atoms with Crippen LogP contribution in [0.25, 0.3) is 11.1 Å². The number of benzene rings is 2. The number of hydrogen-bond donors (Lipinski definition) is 0. The molecule has 2 aromatic rings. The first-order valence-corrected chi connectivity index (χ1v) is 7.63. The highest BCUT2D eigenvalue weighted by molar-refractivity contribution is 6.25. The van der Waals surface area contributed by atoms with Crippen molar-refractivity contribution in [3.05, 3.63) is 46.5 Å². The van der Waals surface area contributed by atoms with Crippen molar-refractivity contribution >= 4 is 5.71 Å². The highest BCUT2D eigenvalue weighted by Gasteiger charge is 2.36. The molecule has 0 saturated carbocycles. The zero-order chi connectivity index (χ0) is 22.3. The first-order chi connectivity index (χ1) is 14.0. The van der Waals surface area contributed by atoms with Crippen molar-refractivity contribution in [3.8, 4) is 41.0 Å². The highest BCUT2D eigenvalue weighted by atomic mass is 19.4. The summed E-state index contributed by atoms with van der Waals surface area (Å²) in [6, 6.07) is 6.54. The first-order valence-electron chi connectivity index (χ1n) is 7.63. The molecule has 12 heteroatoms. The number of halogens is 6. The second kappa shape index (κ2) is 6.98. The predicted molar refractivity (Wildman–Crippen MR) is 85.9 cm³/mol. The van der Waals surface area contributed by atoms with Crippen molar-refractivity contribution in [2.75, 3.05) is 0 Å². The maximum absolute atomic E-state index is 12.7. The van der Waals surface area contributed by atoms with Gasteiger partial charge >= 0.3 is 12.7 Å². The van der Waals surface area contributed by atoms with Gasteiger partial charge in [0.1, 0.15) is 23.6 Å². The summed E-state index contributed by atoms with van der Waals surface area (Å²) in [6.45, 7) is 0. The molecule has 1 aliphatic carbocycles. The zero-order valence-corrected chi connectivity index (χ0v) is 14.2. The Morgan fingerprint density at radius 1 is 0.667 bits per heavy atom. The summed E-state index contributed by atoms with van der Waals surface area (Å²) in [5.74, 6) is -1.79. The fourth-order valence-corrected chi connectivity index (χ4v) is 2.91. The predicted octanol–water partition coefficient (Wildman–Crippen LogP) is 4.53. The summed E-state index contributed by atoms with van der Waals surface area (Å²) in [4.78, 5) is 3.54. The van der Waals surface area contributed by atoms with E-state index in [1.54, 1.807) is 0 Å². The van der Waals surface area contributed by atoms with E-state index in [1.807, 2.05) is 0 Å². The van der Waals surface area contributed by atoms with Crippen LogP contribution in [0.3, 0.4) is 0 Å². The van der Waals surface area contributed by atoms with Crippen molar-refractivity contribution in [2.45, 2.75) is 12.7 Å². The zero-order valence-electron chi connectivity index (χ0n) is 14.2. The smallest absolute Gasteiger partial charge is 0.404 e. The number of aliphatic imine (C=N–C) groups is 1. The van der Waals surface area contributed by atoms with Crippen LogP contribution in [-0.4, -0.2) is 18.4 Å². The van der Waals surface area contributed by atoms with Gasteiger partial charge in [-0.25, -0.2) is 0 Å². The van der Waals surface area contributed by atoms with Crippen LogP contribution in [0.2, 0.25) is 0 Å². The Balaban J connectivity index is 2.31. The maximum Gasteiger partial charge on any atom is 0.573 e. The van der Waals surface area contributed by atoms with E-state index < -0.39 is 35.4 Å². The molecule has 0 saturated heterocycles. The first kappa shape index (κ1) is 20.5. The fraction of sp³-hybridized carbons (Fsp3) is 0.111. The molecule has 6 nitrogen and oxygen atoms in total. The van der Waals surface area contributed by atoms with E-state index in [0.717, 1.165) is 24.3 Å². The number of fused-ring (bicyclic) bond motifs is 3. The van der Waals surface area contributed by atoms with Crippen molar-refractivity contribution in [1.82, 2.24) is 0 Å². The standard InChI is InChI=1S/C18H4F6N4O2/c19-17(20,21)29-14-3-10-11-4-15(30-18(22,23)24)9(6-26)2-13(11)16(28-7-27)12(10)1-8(14)5-25/h1-4H. The summed E-state index contributed by atoms with van der Waals surface area (Å²) >= 11 is 0. The molecule has 0 fully saturated rings. The van der Waals surface area contributed by atoms with E-state index >= 15 is 0 Å². The van der Waals surface area contributed by atoms with Gasteiger partial charge in [0.25, 0.3) is 0 Å². The van der Waals surface area contributed by atoms with E-state index in [2.05, 4.69) is 14.5 Å². The lowest BCUT2D eigenvalue weighted by Crippen LogP contribution is -2.18. The minimum Gasteiger partial charge on any atom is -0.404 e. The normalized spacial score (nSPS) is 12.2. The van der Waals surface area contributed by atoms with Crippen LogP contribution in [0.4, 0.5) is 26.3 Å². The van der Waals surface area contributed by atoms with Crippen LogP contribution < -0.4 is 9.47 Å². The molecule has 0 heterocycles. The second-order valence-electron chi connectivity index (χ2n) is 5.67. The molecule has 2 aromatic carbocycles. The van der Waals surface area contributed by atoms with Crippen molar-refractivity contribution < 1.29 is 35.8 Å². The van der Waals surface area contributed by atoms with Gasteiger partial charge in [0.2, 0.25) is 6.19 Å². The van der Waals surface area contributed by atoms with E-state index in [1.165, 1.54) is 18.3 Å². The molecule has 0 spiro atoms. The average Bonchev–Trinajstić information content (AvgIpc) is 2.90. The number of nitriles is 3. The topological polar surface area (TPSA) is 102 Å². The van der Waals surface area contributed by atoms with Crippen molar-refractivity contribution in [1.29, 1.82) is 15.8 Å². The third kappa shape index (κ3) is 3.82. The van der Waals surface area contributed by atoms with Gasteiger partial charge in [-0.3, -0.25) is 0 Å². The maximum atomic E-state index is 12.7. The molecular weight excluding hydrogens is 418 g/mol. The van der Waals surface area contributed by atoms with Gasteiger partial charge in [0, 0.05) is 11.1 Å². The van der Waals surface area contributed by atoms with Crippen LogP contribution in [0, 0.1) is 34.1 Å². The van der Waals surface area contributed by atoms with E-state index in [-0.39, 0.29) is 28.0 Å². The third-order valence-corrected chi connectivity index (χ3v) is 3.89. The van der Waals surface area contributed by atoms with Crippen molar-refractivity contribution in [2.24, 2.45) is 4.99 Å². The summed E-state index contributed by atoms with van der Waals surface area (Å²) < 4.78 is 83.7. The molecule has 0 bridgehead atoms. The molecule has 0 aromatic heterocycles. The molecule has 30 heavy (non-hydrogen) atoms. The molecule has 3 rings (SSSR count). The van der Waals surface area contributed by atoms with Crippen LogP contribution in [-0.2, 0) is 0 Å². The quantitative estimate of drug-likeness (QED) is 0.446. The molecule has 0 N–H and O–H groups in total. The Morgan fingerprint density at radius 3 is 1.37 bits per heavy atom. The molecule has 0 atom stereocenters. The van der Waals surface area contributed by atoms with Crippen LogP contribution in [0.15, 0.2) is 29.3 Å². The summed E-state index contributed by atoms with van der Waals surface area (Å²) in [7, 11) is 0. The number of hydrogen-bond acceptors (Lipinski definition) is 6. The molecule has 0 amide bonds. The number of rotatable bonds is 2. The molecule has 1 aliphatic rings. The van der Waals surface area contributed by atoms with E-state index in [4.69, 9.17) is 15.8 Å². The Hall–Kier alpha value is -4.24. The summed E-state index contributed by atoms with van der Waals surface area (Å²) in [5, 5.41) is 27.2. The largest absolute Gasteiger partial charge is 0.573 e. The Labute approximate surface area is 163 Å². The molecule has 150 valence electrons. The van der Waals surface area contributed by atoms with Crippen LogP contribution in [0.1, 0.15) is 22.3 Å². The lowest BCUT2D eigenvalue weighted by Gasteiger charge is -2.13. The monoisotopic (exact) mass is 422 g/mol. The number of alkyl halides is 6. The molecule has 0 radical (unpaired) electrons. The Kier molecular flexibility index (Phi) is 4.77. The average molecular weight is 422 g/mol. The molecular formula is C18H4F6N4O2. The summed E-state index contributed by atoms with van der Waals surface area (Å²) in [6.07, 6.45) is -8.81. The van der Waals surface area contributed by atoms with Crippen molar-refractivity contribution in [3.63, 3.8) is 0 Å². The van der Waals surface area contributed by atoms with E-state index in [0.29, 0.717) is 0 Å². The SMILES string of the molecule is N#CN=C1c2cc(C#N)c(OC(F)(F)F)cc2-c2cc(OC(F)(F)F)c(C#N)cc21. The Morgan fingerprint density at radius 2 is 1.07 bits per heavy atom. The van der Waals surface area contributed by atoms with Gasteiger partial charge in [0.15, 0.2) is 0 Å². The van der Waals surface area contributed by atoms with Gasteiger partial charge < -0.3 is 9.47 Å². The highest BCUT2D eigenvalue weighted by Crippen LogP contribution is 2.44. The lowest BCUT2D eigenvalue weighted by molar-refractivity contribution is -0.275. The molecule has 0 unspecified atom stereocenters. The fourth-order valence-electron chi connectivity index (χ4n) is 2.91. The van der Waals surface area contributed by atoms with Gasteiger partial charge in [-0.2, -0.15) is 20.8 Å². The minimum atomic E-state index is -5.14. The van der Waals surface area contributed by atoms with Crippen LogP contribution >= 0.6 is 0 Å². The van der Waals surface area contributed by atoms with Gasteiger partial charge in [-0.15, -0.1) is 26.3 Å². The van der Waals surface area contributed by atoms with Crippen LogP contribution in [0.5, 0.6) is 11.5 Å². The summed E-state index contributed by atoms with van der Waals surface area (Å²) in [5.41, 5.74) is -1.39. The van der Waals surface area contributed by atoms with E-state index in [9.17, 15) is 26.3 Å². The van der Waals surface area contributed by atoms with Gasteiger partial charge in [0.05, 0.1) is 16.8 Å². The molecule has 0 aliphatic heterocycles.